The molecule has 0 saturated carbocycles. The van der Waals surface area contributed by atoms with Crippen molar-refractivity contribution in [3.8, 4) is 16.9 Å². The van der Waals surface area contributed by atoms with Gasteiger partial charge in [0, 0.05) is 29.0 Å². The van der Waals surface area contributed by atoms with Crippen LogP contribution in [0.25, 0.3) is 21.9 Å². The fourth-order valence-electron chi connectivity index (χ4n) is 3.58. The molecular weight excluding hydrogens is 394 g/mol. The summed E-state index contributed by atoms with van der Waals surface area (Å²) in [6, 6.07) is 17.5. The van der Waals surface area contributed by atoms with E-state index in [0.29, 0.717) is 11.3 Å². The summed E-state index contributed by atoms with van der Waals surface area (Å²) in [6.07, 6.45) is 4.00. The van der Waals surface area contributed by atoms with Crippen LogP contribution in [0.2, 0.25) is 0 Å². The lowest BCUT2D eigenvalue weighted by molar-refractivity contribution is 0.102. The van der Waals surface area contributed by atoms with E-state index in [1.807, 2.05) is 90.6 Å². The first-order chi connectivity index (χ1) is 14.6. The number of para-hydroxylation sites is 1. The molecule has 5 rings (SSSR count). The molecule has 0 fully saturated rings. The van der Waals surface area contributed by atoms with Crippen LogP contribution >= 0.6 is 11.3 Å². The zero-order valence-corrected chi connectivity index (χ0v) is 17.4. The Morgan fingerprint density at radius 1 is 1.03 bits per heavy atom. The van der Waals surface area contributed by atoms with E-state index in [0.717, 1.165) is 33.3 Å². The minimum Gasteiger partial charge on any atom is -0.322 e. The van der Waals surface area contributed by atoms with E-state index in [1.54, 1.807) is 16.0 Å². The van der Waals surface area contributed by atoms with Crippen LogP contribution in [0.4, 0.5) is 5.69 Å². The zero-order valence-electron chi connectivity index (χ0n) is 16.5. The second kappa shape index (κ2) is 7.27. The van der Waals surface area contributed by atoms with E-state index in [1.165, 1.54) is 0 Å². The Morgan fingerprint density at radius 2 is 1.80 bits per heavy atom. The number of imidazole rings is 1. The minimum atomic E-state index is -0.164. The number of carbonyl (C=O) groups is 1. The molecule has 0 atom stereocenters. The molecular formula is C23H19N5OS. The second-order valence-corrected chi connectivity index (χ2v) is 7.92. The van der Waals surface area contributed by atoms with E-state index in [2.05, 4.69) is 15.4 Å². The number of aryl methyl sites for hydroxylation is 1. The lowest BCUT2D eigenvalue weighted by atomic mass is 10.1. The number of fused-ring (bicyclic) bond motifs is 1. The van der Waals surface area contributed by atoms with E-state index < -0.39 is 0 Å². The summed E-state index contributed by atoms with van der Waals surface area (Å²) in [5, 5.41) is 9.56. The molecule has 30 heavy (non-hydrogen) atoms. The molecule has 5 aromatic rings. The minimum absolute atomic E-state index is 0.164. The molecule has 148 valence electrons. The van der Waals surface area contributed by atoms with Crippen molar-refractivity contribution in [2.75, 3.05) is 5.32 Å². The van der Waals surface area contributed by atoms with Gasteiger partial charge >= 0.3 is 0 Å². The normalized spacial score (nSPS) is 11.1. The fourth-order valence-corrected chi connectivity index (χ4v) is 4.28. The van der Waals surface area contributed by atoms with Crippen LogP contribution in [0.1, 0.15) is 21.7 Å². The van der Waals surface area contributed by atoms with Crippen LogP contribution in [0.3, 0.4) is 0 Å². The van der Waals surface area contributed by atoms with Crippen molar-refractivity contribution in [3.05, 3.63) is 89.3 Å². The number of rotatable bonds is 4. The molecule has 0 spiro atoms. The molecule has 0 aliphatic carbocycles. The number of hydrogen-bond acceptors (Lipinski definition) is 4. The molecule has 6 nitrogen and oxygen atoms in total. The smallest absolute Gasteiger partial charge is 0.259 e. The standard InChI is InChI=1S/C23H19N5OS/c1-15-21(16(2)28(26-15)19-6-4-3-5-7-19)22(29)24-18-10-8-17(9-11-18)20-14-27-12-13-30-23(27)25-20/h3-14H,1-2H3,(H,24,29). The number of carbonyl (C=O) groups excluding carboxylic acids is 1. The number of benzene rings is 2. The molecule has 1 amide bonds. The molecule has 0 aliphatic heterocycles. The maximum absolute atomic E-state index is 13.0. The third kappa shape index (κ3) is 3.19. The van der Waals surface area contributed by atoms with Crippen LogP contribution in [0.15, 0.2) is 72.4 Å². The first-order valence-corrected chi connectivity index (χ1v) is 10.4. The summed E-state index contributed by atoms with van der Waals surface area (Å²) in [5.74, 6) is -0.164. The predicted molar refractivity (Wildman–Crippen MR) is 119 cm³/mol. The number of nitrogens with zero attached hydrogens (tertiary/aromatic N) is 4. The summed E-state index contributed by atoms with van der Waals surface area (Å²) in [6.45, 7) is 3.77. The molecule has 0 radical (unpaired) electrons. The number of aromatic nitrogens is 4. The summed E-state index contributed by atoms with van der Waals surface area (Å²) in [5.41, 5.74) is 5.69. The highest BCUT2D eigenvalue weighted by Gasteiger charge is 2.19. The van der Waals surface area contributed by atoms with E-state index in [-0.39, 0.29) is 5.91 Å². The van der Waals surface area contributed by atoms with Gasteiger partial charge in [0.25, 0.3) is 5.91 Å². The van der Waals surface area contributed by atoms with Gasteiger partial charge in [-0.25, -0.2) is 9.67 Å². The van der Waals surface area contributed by atoms with Crippen molar-refractivity contribution in [3.63, 3.8) is 0 Å². The highest BCUT2D eigenvalue weighted by molar-refractivity contribution is 7.15. The van der Waals surface area contributed by atoms with Crippen molar-refractivity contribution >= 4 is 27.9 Å². The molecule has 3 heterocycles. The van der Waals surface area contributed by atoms with Gasteiger partial charge in [0.2, 0.25) is 0 Å². The van der Waals surface area contributed by atoms with Crippen LogP contribution in [0, 0.1) is 13.8 Å². The van der Waals surface area contributed by atoms with Crippen molar-refractivity contribution in [2.45, 2.75) is 13.8 Å². The van der Waals surface area contributed by atoms with E-state index in [4.69, 9.17) is 0 Å². The molecule has 0 aliphatic rings. The van der Waals surface area contributed by atoms with Gasteiger partial charge in [-0.3, -0.25) is 9.20 Å². The maximum Gasteiger partial charge on any atom is 0.259 e. The van der Waals surface area contributed by atoms with Gasteiger partial charge in [-0.15, -0.1) is 11.3 Å². The van der Waals surface area contributed by atoms with E-state index in [9.17, 15) is 4.79 Å². The highest BCUT2D eigenvalue weighted by atomic mass is 32.1. The van der Waals surface area contributed by atoms with Gasteiger partial charge in [-0.1, -0.05) is 30.3 Å². The molecule has 3 aromatic heterocycles. The Kier molecular flexibility index (Phi) is 4.44. The third-order valence-corrected chi connectivity index (χ3v) is 5.82. The van der Waals surface area contributed by atoms with E-state index >= 15 is 0 Å². The number of anilines is 1. The second-order valence-electron chi connectivity index (χ2n) is 7.04. The quantitative estimate of drug-likeness (QED) is 0.445. The van der Waals surface area contributed by atoms with Crippen LogP contribution < -0.4 is 5.32 Å². The van der Waals surface area contributed by atoms with Crippen molar-refractivity contribution < 1.29 is 4.79 Å². The van der Waals surface area contributed by atoms with Gasteiger partial charge in [0.05, 0.1) is 28.3 Å². The van der Waals surface area contributed by atoms with Crippen molar-refractivity contribution in [1.29, 1.82) is 0 Å². The number of nitrogens with one attached hydrogen (secondary N) is 1. The number of amides is 1. The van der Waals surface area contributed by atoms with Crippen molar-refractivity contribution in [1.82, 2.24) is 19.2 Å². The fraction of sp³-hybridized carbons (Fsp3) is 0.0870. The third-order valence-electron chi connectivity index (χ3n) is 5.05. The average molecular weight is 414 g/mol. The lowest BCUT2D eigenvalue weighted by Gasteiger charge is -2.07. The lowest BCUT2D eigenvalue weighted by Crippen LogP contribution is -2.14. The SMILES string of the molecule is Cc1nn(-c2ccccc2)c(C)c1C(=O)Nc1ccc(-c2cn3ccsc3n2)cc1. The monoisotopic (exact) mass is 413 g/mol. The summed E-state index contributed by atoms with van der Waals surface area (Å²) < 4.78 is 3.81. The molecule has 0 bridgehead atoms. The molecule has 1 N–H and O–H groups in total. The molecule has 7 heteroatoms. The maximum atomic E-state index is 13.0. The van der Waals surface area contributed by atoms with Crippen LogP contribution in [0.5, 0.6) is 0 Å². The first-order valence-electron chi connectivity index (χ1n) is 9.56. The largest absolute Gasteiger partial charge is 0.322 e. The highest BCUT2D eigenvalue weighted by Crippen LogP contribution is 2.24. The topological polar surface area (TPSA) is 64.2 Å². The Balaban J connectivity index is 1.38. The van der Waals surface area contributed by atoms with Gasteiger partial charge in [-0.05, 0) is 38.1 Å². The number of hydrogen-bond donors (Lipinski definition) is 1. The van der Waals surface area contributed by atoms with Gasteiger partial charge in [0.1, 0.15) is 0 Å². The molecule has 2 aromatic carbocycles. The molecule has 0 saturated heterocycles. The average Bonchev–Trinajstić information content (AvgIpc) is 3.43. The van der Waals surface area contributed by atoms with Crippen molar-refractivity contribution in [2.24, 2.45) is 0 Å². The Labute approximate surface area is 177 Å². The first kappa shape index (κ1) is 18.3. The Hall–Kier alpha value is -3.71. The van der Waals surface area contributed by atoms with Crippen LogP contribution in [-0.2, 0) is 0 Å². The Bertz CT molecular complexity index is 1320. The summed E-state index contributed by atoms with van der Waals surface area (Å²) >= 11 is 1.60. The van der Waals surface area contributed by atoms with Gasteiger partial charge in [-0.2, -0.15) is 5.10 Å². The molecule has 0 unspecified atom stereocenters. The zero-order chi connectivity index (χ0) is 20.7. The van der Waals surface area contributed by atoms with Crippen LogP contribution in [-0.4, -0.2) is 25.1 Å². The van der Waals surface area contributed by atoms with Gasteiger partial charge in [0.15, 0.2) is 4.96 Å². The summed E-state index contributed by atoms with van der Waals surface area (Å²) in [4.78, 5) is 18.5. The van der Waals surface area contributed by atoms with Gasteiger partial charge < -0.3 is 5.32 Å². The predicted octanol–water partition coefficient (Wildman–Crippen LogP) is 5.12. The number of thiazole rings is 1. The summed E-state index contributed by atoms with van der Waals surface area (Å²) in [7, 11) is 0. The Morgan fingerprint density at radius 3 is 2.53 bits per heavy atom.